The van der Waals surface area contributed by atoms with Crippen molar-refractivity contribution in [2.45, 2.75) is 6.92 Å². The standard InChI is InChI=1S/C19H16O3/c1-2-21-17-10-8-14(9-11-17)12-16-13-18(22-19(16)20)15-6-4-3-5-7-15/h3-13H,2H2,1H3. The molecule has 2 aromatic carbocycles. The minimum atomic E-state index is -0.326. The minimum Gasteiger partial charge on any atom is -0.494 e. The van der Waals surface area contributed by atoms with E-state index >= 15 is 0 Å². The number of rotatable bonds is 4. The highest BCUT2D eigenvalue weighted by molar-refractivity contribution is 6.05. The van der Waals surface area contributed by atoms with Crippen molar-refractivity contribution in [3.8, 4) is 5.75 Å². The SMILES string of the molecule is CCOc1ccc(C=C2C=C(c3ccccc3)OC2=O)cc1. The largest absolute Gasteiger partial charge is 0.494 e. The van der Waals surface area contributed by atoms with E-state index in [9.17, 15) is 4.79 Å². The lowest BCUT2D eigenvalue weighted by Crippen LogP contribution is -1.97. The minimum absolute atomic E-state index is 0.326. The fraction of sp³-hybridized carbons (Fsp3) is 0.105. The molecule has 0 N–H and O–H groups in total. The summed E-state index contributed by atoms with van der Waals surface area (Å²) in [5, 5.41) is 0. The lowest BCUT2D eigenvalue weighted by molar-refractivity contribution is -0.130. The lowest BCUT2D eigenvalue weighted by atomic mass is 10.1. The summed E-state index contributed by atoms with van der Waals surface area (Å²) in [4.78, 5) is 12.0. The van der Waals surface area contributed by atoms with Gasteiger partial charge in [-0.05, 0) is 36.8 Å². The quantitative estimate of drug-likeness (QED) is 0.629. The summed E-state index contributed by atoms with van der Waals surface area (Å²) in [6.45, 7) is 2.58. The van der Waals surface area contributed by atoms with Crippen LogP contribution in [0.15, 0.2) is 66.2 Å². The Kier molecular flexibility index (Phi) is 4.05. The van der Waals surface area contributed by atoms with Gasteiger partial charge in [0.2, 0.25) is 0 Å². The third kappa shape index (κ3) is 3.09. The van der Waals surface area contributed by atoms with Gasteiger partial charge in [0.1, 0.15) is 11.5 Å². The van der Waals surface area contributed by atoms with Crippen molar-refractivity contribution < 1.29 is 14.3 Å². The number of esters is 1. The maximum Gasteiger partial charge on any atom is 0.343 e. The van der Waals surface area contributed by atoms with Gasteiger partial charge in [-0.25, -0.2) is 4.79 Å². The van der Waals surface area contributed by atoms with Gasteiger partial charge >= 0.3 is 5.97 Å². The van der Waals surface area contributed by atoms with Crippen molar-refractivity contribution in [3.05, 3.63) is 77.4 Å². The third-order valence-electron chi connectivity index (χ3n) is 3.30. The predicted octanol–water partition coefficient (Wildman–Crippen LogP) is 4.07. The number of hydrogen-bond acceptors (Lipinski definition) is 3. The number of hydrogen-bond donors (Lipinski definition) is 0. The molecule has 0 unspecified atom stereocenters. The summed E-state index contributed by atoms with van der Waals surface area (Å²) in [7, 11) is 0. The van der Waals surface area contributed by atoms with E-state index in [1.54, 1.807) is 6.08 Å². The van der Waals surface area contributed by atoms with Crippen LogP contribution >= 0.6 is 0 Å². The fourth-order valence-corrected chi connectivity index (χ4v) is 2.24. The topological polar surface area (TPSA) is 35.5 Å². The summed E-state index contributed by atoms with van der Waals surface area (Å²) in [6, 6.07) is 17.2. The molecule has 0 saturated carbocycles. The number of ether oxygens (including phenoxy) is 2. The molecule has 0 aromatic heterocycles. The highest BCUT2D eigenvalue weighted by Crippen LogP contribution is 2.27. The maximum absolute atomic E-state index is 12.0. The second-order valence-corrected chi connectivity index (χ2v) is 4.87. The van der Waals surface area contributed by atoms with E-state index in [-0.39, 0.29) is 5.97 Å². The molecule has 0 bridgehead atoms. The first-order valence-corrected chi connectivity index (χ1v) is 7.20. The first-order chi connectivity index (χ1) is 10.8. The molecule has 0 amide bonds. The number of cyclic esters (lactones) is 1. The summed E-state index contributed by atoms with van der Waals surface area (Å²) in [5.74, 6) is 1.08. The number of carbonyl (C=O) groups excluding carboxylic acids is 1. The normalized spacial score (nSPS) is 15.6. The summed E-state index contributed by atoms with van der Waals surface area (Å²) >= 11 is 0. The Morgan fingerprint density at radius 1 is 1.05 bits per heavy atom. The molecular formula is C19H16O3. The van der Waals surface area contributed by atoms with Crippen LogP contribution in [0.1, 0.15) is 18.1 Å². The predicted molar refractivity (Wildman–Crippen MR) is 86.1 cm³/mol. The van der Waals surface area contributed by atoms with Crippen molar-refractivity contribution in [1.82, 2.24) is 0 Å². The van der Waals surface area contributed by atoms with Gasteiger partial charge in [-0.1, -0.05) is 42.5 Å². The van der Waals surface area contributed by atoms with Crippen LogP contribution in [0.25, 0.3) is 11.8 Å². The van der Waals surface area contributed by atoms with Gasteiger partial charge in [-0.15, -0.1) is 0 Å². The van der Waals surface area contributed by atoms with E-state index in [0.717, 1.165) is 16.9 Å². The van der Waals surface area contributed by atoms with Crippen LogP contribution in [0.4, 0.5) is 0 Å². The van der Waals surface area contributed by atoms with Crippen LogP contribution in [0.3, 0.4) is 0 Å². The molecular weight excluding hydrogens is 276 g/mol. The molecule has 0 aliphatic carbocycles. The Hall–Kier alpha value is -2.81. The first kappa shape index (κ1) is 14.1. The van der Waals surface area contributed by atoms with Crippen LogP contribution in [0.2, 0.25) is 0 Å². The maximum atomic E-state index is 12.0. The molecule has 1 aliphatic rings. The van der Waals surface area contributed by atoms with Gasteiger partial charge in [0.05, 0.1) is 12.2 Å². The molecule has 0 saturated heterocycles. The molecule has 3 heteroatoms. The van der Waals surface area contributed by atoms with E-state index in [0.29, 0.717) is 17.9 Å². The van der Waals surface area contributed by atoms with Crippen molar-refractivity contribution >= 4 is 17.8 Å². The summed E-state index contributed by atoms with van der Waals surface area (Å²) < 4.78 is 10.7. The van der Waals surface area contributed by atoms with Crippen molar-refractivity contribution in [3.63, 3.8) is 0 Å². The Balaban J connectivity index is 1.84. The van der Waals surface area contributed by atoms with Gasteiger partial charge in [0.15, 0.2) is 0 Å². The van der Waals surface area contributed by atoms with Gasteiger partial charge in [-0.3, -0.25) is 0 Å². The van der Waals surface area contributed by atoms with E-state index in [1.165, 1.54) is 0 Å². The Morgan fingerprint density at radius 2 is 1.77 bits per heavy atom. The number of carbonyl (C=O) groups is 1. The zero-order valence-electron chi connectivity index (χ0n) is 12.3. The molecule has 0 atom stereocenters. The molecule has 22 heavy (non-hydrogen) atoms. The van der Waals surface area contributed by atoms with Gasteiger partial charge < -0.3 is 9.47 Å². The van der Waals surface area contributed by atoms with Gasteiger partial charge in [0.25, 0.3) is 0 Å². The van der Waals surface area contributed by atoms with E-state index in [4.69, 9.17) is 9.47 Å². The second kappa shape index (κ2) is 6.31. The zero-order valence-corrected chi connectivity index (χ0v) is 12.3. The van der Waals surface area contributed by atoms with Crippen LogP contribution in [0, 0.1) is 0 Å². The monoisotopic (exact) mass is 292 g/mol. The molecule has 0 radical (unpaired) electrons. The molecule has 110 valence electrons. The Morgan fingerprint density at radius 3 is 2.45 bits per heavy atom. The Labute approximate surface area is 129 Å². The highest BCUT2D eigenvalue weighted by atomic mass is 16.5. The molecule has 3 rings (SSSR count). The Bertz CT molecular complexity index is 725. The molecule has 0 fully saturated rings. The fourth-order valence-electron chi connectivity index (χ4n) is 2.24. The van der Waals surface area contributed by atoms with E-state index < -0.39 is 0 Å². The molecule has 0 spiro atoms. The molecule has 2 aromatic rings. The highest BCUT2D eigenvalue weighted by Gasteiger charge is 2.21. The van der Waals surface area contributed by atoms with Crippen molar-refractivity contribution in [2.75, 3.05) is 6.61 Å². The third-order valence-corrected chi connectivity index (χ3v) is 3.30. The summed E-state index contributed by atoms with van der Waals surface area (Å²) in [6.07, 6.45) is 3.59. The zero-order chi connectivity index (χ0) is 15.4. The van der Waals surface area contributed by atoms with E-state index in [1.807, 2.05) is 67.6 Å². The molecule has 3 nitrogen and oxygen atoms in total. The van der Waals surface area contributed by atoms with Crippen LogP contribution in [-0.4, -0.2) is 12.6 Å². The van der Waals surface area contributed by atoms with Crippen molar-refractivity contribution in [2.24, 2.45) is 0 Å². The second-order valence-electron chi connectivity index (χ2n) is 4.87. The lowest BCUT2D eigenvalue weighted by Gasteiger charge is -2.02. The first-order valence-electron chi connectivity index (χ1n) is 7.20. The van der Waals surface area contributed by atoms with Crippen LogP contribution < -0.4 is 4.74 Å². The van der Waals surface area contributed by atoms with Crippen LogP contribution in [0.5, 0.6) is 5.75 Å². The molecule has 1 heterocycles. The smallest absolute Gasteiger partial charge is 0.343 e. The average Bonchev–Trinajstić information content (AvgIpc) is 2.91. The van der Waals surface area contributed by atoms with Gasteiger partial charge in [0, 0.05) is 5.56 Å². The van der Waals surface area contributed by atoms with Crippen LogP contribution in [-0.2, 0) is 9.53 Å². The summed E-state index contributed by atoms with van der Waals surface area (Å²) in [5.41, 5.74) is 2.37. The van der Waals surface area contributed by atoms with E-state index in [2.05, 4.69) is 0 Å². The average molecular weight is 292 g/mol. The van der Waals surface area contributed by atoms with Crippen molar-refractivity contribution in [1.29, 1.82) is 0 Å². The van der Waals surface area contributed by atoms with Gasteiger partial charge in [-0.2, -0.15) is 0 Å². The number of benzene rings is 2. The molecule has 1 aliphatic heterocycles.